The van der Waals surface area contributed by atoms with Gasteiger partial charge in [-0.3, -0.25) is 4.79 Å². The van der Waals surface area contributed by atoms with Crippen LogP contribution in [0, 0.1) is 0 Å². The van der Waals surface area contributed by atoms with Crippen LogP contribution in [0.4, 0.5) is 13.2 Å². The van der Waals surface area contributed by atoms with Crippen LogP contribution in [-0.4, -0.2) is 12.9 Å². The quantitative estimate of drug-likeness (QED) is 0.377. The van der Waals surface area contributed by atoms with E-state index < -0.39 is 17.5 Å². The average molecular weight is 396 g/mol. The number of hydrogen-bond donors (Lipinski definition) is 0. The second-order valence-electron chi connectivity index (χ2n) is 6.44. The zero-order valence-corrected chi connectivity index (χ0v) is 15.3. The first-order valence-electron chi connectivity index (χ1n) is 8.76. The third kappa shape index (κ3) is 3.49. The molecule has 0 aliphatic heterocycles. The van der Waals surface area contributed by atoms with Gasteiger partial charge < -0.3 is 9.15 Å². The van der Waals surface area contributed by atoms with Gasteiger partial charge in [0.25, 0.3) is 0 Å². The lowest BCUT2D eigenvalue weighted by Crippen LogP contribution is -2.06. The number of carbonyl (C=O) groups excluding carboxylic acids is 1. The van der Waals surface area contributed by atoms with Crippen molar-refractivity contribution in [2.75, 3.05) is 7.11 Å². The van der Waals surface area contributed by atoms with Crippen molar-refractivity contribution in [2.24, 2.45) is 0 Å². The summed E-state index contributed by atoms with van der Waals surface area (Å²) in [7, 11) is 1.56. The number of methoxy groups -OCH3 is 1. The van der Waals surface area contributed by atoms with Crippen LogP contribution in [-0.2, 0) is 6.18 Å². The van der Waals surface area contributed by atoms with Gasteiger partial charge in [0.2, 0.25) is 5.78 Å². The smallest absolute Gasteiger partial charge is 0.416 e. The van der Waals surface area contributed by atoms with E-state index in [4.69, 9.17) is 9.15 Å². The van der Waals surface area contributed by atoms with Crippen LogP contribution < -0.4 is 4.74 Å². The number of halogens is 3. The van der Waals surface area contributed by atoms with Crippen molar-refractivity contribution < 1.29 is 27.1 Å². The molecule has 0 bridgehead atoms. The molecule has 0 aliphatic rings. The summed E-state index contributed by atoms with van der Waals surface area (Å²) >= 11 is 0. The molecule has 1 heterocycles. The Hall–Kier alpha value is -3.54. The minimum Gasteiger partial charge on any atom is -0.497 e. The van der Waals surface area contributed by atoms with E-state index in [2.05, 4.69) is 0 Å². The van der Waals surface area contributed by atoms with E-state index in [1.54, 1.807) is 43.5 Å². The molecule has 3 nitrogen and oxygen atoms in total. The number of ketones is 1. The lowest BCUT2D eigenvalue weighted by molar-refractivity contribution is -0.137. The van der Waals surface area contributed by atoms with Crippen LogP contribution in [0.15, 0.2) is 77.2 Å². The van der Waals surface area contributed by atoms with E-state index in [-0.39, 0.29) is 11.3 Å². The zero-order chi connectivity index (χ0) is 20.6. The van der Waals surface area contributed by atoms with Crippen molar-refractivity contribution >= 4 is 16.8 Å². The van der Waals surface area contributed by atoms with Crippen molar-refractivity contribution in [1.29, 1.82) is 0 Å². The van der Waals surface area contributed by atoms with Gasteiger partial charge in [-0.1, -0.05) is 42.5 Å². The maximum Gasteiger partial charge on any atom is 0.416 e. The molecular formula is C23H15F3O3. The lowest BCUT2D eigenvalue weighted by Gasteiger charge is -2.08. The molecule has 4 rings (SSSR count). The summed E-state index contributed by atoms with van der Waals surface area (Å²) in [5, 5.41) is 0.743. The molecule has 0 spiro atoms. The second-order valence-corrected chi connectivity index (χ2v) is 6.44. The number of para-hydroxylation sites is 1. The van der Waals surface area contributed by atoms with Crippen molar-refractivity contribution in [1.82, 2.24) is 0 Å². The summed E-state index contributed by atoms with van der Waals surface area (Å²) in [4.78, 5) is 13.1. The van der Waals surface area contributed by atoms with Crippen LogP contribution >= 0.6 is 0 Å². The van der Waals surface area contributed by atoms with E-state index in [9.17, 15) is 18.0 Å². The van der Waals surface area contributed by atoms with Crippen LogP contribution in [0.2, 0.25) is 0 Å². The lowest BCUT2D eigenvalue weighted by atomic mass is 9.97. The fourth-order valence-electron chi connectivity index (χ4n) is 3.19. The molecule has 4 aromatic rings. The molecular weight excluding hydrogens is 381 g/mol. The Labute approximate surface area is 164 Å². The van der Waals surface area contributed by atoms with Gasteiger partial charge in [-0.15, -0.1) is 0 Å². The number of rotatable bonds is 4. The maximum atomic E-state index is 13.1. The first-order chi connectivity index (χ1) is 13.9. The second kappa shape index (κ2) is 7.13. The van der Waals surface area contributed by atoms with Crippen LogP contribution in [0.5, 0.6) is 5.75 Å². The van der Waals surface area contributed by atoms with Crippen LogP contribution in [0.3, 0.4) is 0 Å². The summed E-state index contributed by atoms with van der Waals surface area (Å²) in [6, 6.07) is 18.4. The fourth-order valence-corrected chi connectivity index (χ4v) is 3.19. The molecule has 0 amide bonds. The Morgan fingerprint density at radius 2 is 1.55 bits per heavy atom. The largest absolute Gasteiger partial charge is 0.497 e. The fraction of sp³-hybridized carbons (Fsp3) is 0.0870. The van der Waals surface area contributed by atoms with Gasteiger partial charge in [0.15, 0.2) is 5.76 Å². The summed E-state index contributed by atoms with van der Waals surface area (Å²) < 4.78 is 49.4. The summed E-state index contributed by atoms with van der Waals surface area (Å²) in [6.45, 7) is 0. The van der Waals surface area contributed by atoms with E-state index >= 15 is 0 Å². The van der Waals surface area contributed by atoms with Gasteiger partial charge >= 0.3 is 6.18 Å². The number of fused-ring (bicyclic) bond motifs is 1. The van der Waals surface area contributed by atoms with Gasteiger partial charge in [0, 0.05) is 16.5 Å². The van der Waals surface area contributed by atoms with Crippen molar-refractivity contribution in [3.05, 3.63) is 89.7 Å². The van der Waals surface area contributed by atoms with E-state index in [1.807, 2.05) is 12.1 Å². The first-order valence-corrected chi connectivity index (χ1v) is 8.76. The van der Waals surface area contributed by atoms with E-state index in [1.165, 1.54) is 0 Å². The molecule has 0 saturated heterocycles. The zero-order valence-electron chi connectivity index (χ0n) is 15.3. The molecule has 0 atom stereocenters. The highest BCUT2D eigenvalue weighted by Crippen LogP contribution is 2.37. The molecule has 0 saturated carbocycles. The molecule has 1 aromatic heterocycles. The highest BCUT2D eigenvalue weighted by Gasteiger charge is 2.31. The Kier molecular flexibility index (Phi) is 4.62. The predicted molar refractivity (Wildman–Crippen MR) is 103 cm³/mol. The maximum absolute atomic E-state index is 13.1. The molecule has 146 valence electrons. The van der Waals surface area contributed by atoms with Crippen molar-refractivity contribution in [2.45, 2.75) is 6.18 Å². The number of hydrogen-bond acceptors (Lipinski definition) is 3. The highest BCUT2D eigenvalue weighted by atomic mass is 19.4. The summed E-state index contributed by atoms with van der Waals surface area (Å²) in [6.07, 6.45) is -4.46. The molecule has 6 heteroatoms. The molecule has 0 N–H and O–H groups in total. The molecule has 3 aromatic carbocycles. The van der Waals surface area contributed by atoms with E-state index in [0.29, 0.717) is 16.9 Å². The SMILES string of the molecule is COc1ccc(-c2c(C(=O)c3ccc(C(F)(F)F)cc3)oc3ccccc23)cc1. The third-order valence-corrected chi connectivity index (χ3v) is 4.65. The normalized spacial score (nSPS) is 11.6. The molecule has 29 heavy (non-hydrogen) atoms. The number of ether oxygens (including phenoxy) is 1. The molecule has 0 aliphatic carbocycles. The topological polar surface area (TPSA) is 39.4 Å². The molecule has 0 radical (unpaired) electrons. The van der Waals surface area contributed by atoms with Gasteiger partial charge in [0.05, 0.1) is 12.7 Å². The molecule has 0 fully saturated rings. The Balaban J connectivity index is 1.83. The van der Waals surface area contributed by atoms with Crippen LogP contribution in [0.1, 0.15) is 21.7 Å². The number of furan rings is 1. The standard InChI is InChI=1S/C23H15F3O3/c1-28-17-12-8-14(9-13-17)20-18-4-2-3-5-19(18)29-22(20)21(27)15-6-10-16(11-7-15)23(24,25)26/h2-13H,1H3. The molecule has 0 unspecified atom stereocenters. The van der Waals surface area contributed by atoms with Crippen LogP contribution in [0.25, 0.3) is 22.1 Å². The van der Waals surface area contributed by atoms with Crippen molar-refractivity contribution in [3.8, 4) is 16.9 Å². The van der Waals surface area contributed by atoms with Gasteiger partial charge in [-0.25, -0.2) is 0 Å². The highest BCUT2D eigenvalue weighted by molar-refractivity contribution is 6.15. The van der Waals surface area contributed by atoms with Crippen molar-refractivity contribution in [3.63, 3.8) is 0 Å². The number of alkyl halides is 3. The Bertz CT molecular complexity index is 1170. The monoisotopic (exact) mass is 396 g/mol. The minimum atomic E-state index is -4.46. The van der Waals surface area contributed by atoms with Gasteiger partial charge in [-0.2, -0.15) is 13.2 Å². The van der Waals surface area contributed by atoms with Gasteiger partial charge in [-0.05, 0) is 35.9 Å². The summed E-state index contributed by atoms with van der Waals surface area (Å²) in [5.41, 5.74) is 1.16. The Morgan fingerprint density at radius 3 is 2.17 bits per heavy atom. The van der Waals surface area contributed by atoms with E-state index in [0.717, 1.165) is 35.2 Å². The minimum absolute atomic E-state index is 0.0797. The predicted octanol–water partition coefficient (Wildman–Crippen LogP) is 6.36. The number of carbonyl (C=O) groups is 1. The average Bonchev–Trinajstić information content (AvgIpc) is 3.12. The van der Waals surface area contributed by atoms with Gasteiger partial charge in [0.1, 0.15) is 11.3 Å². The first kappa shape index (κ1) is 18.8. The summed E-state index contributed by atoms with van der Waals surface area (Å²) in [5.74, 6) is 0.258. The Morgan fingerprint density at radius 1 is 0.897 bits per heavy atom. The number of benzene rings is 3. The third-order valence-electron chi connectivity index (χ3n) is 4.65.